The van der Waals surface area contributed by atoms with Crippen LogP contribution >= 0.6 is 0 Å². The molecule has 0 aromatic heterocycles. The van der Waals surface area contributed by atoms with E-state index in [0.717, 1.165) is 12.8 Å². The summed E-state index contributed by atoms with van der Waals surface area (Å²) in [5, 5.41) is 5.36. The Hall–Kier alpha value is -3.03. The molecule has 0 nitrogen and oxygen atoms in total. The maximum absolute atomic E-state index is 2.47. The van der Waals surface area contributed by atoms with E-state index in [1.165, 1.54) is 66.1 Å². The molecular weight excluding hydrogens is 695 g/mol. The smallest absolute Gasteiger partial charge is 0.358 e. The number of fused-ring (bicyclic) bond motifs is 2. The molecule has 1 heteroatoms. The van der Waals surface area contributed by atoms with E-state index < -0.39 is 0 Å². The first kappa shape index (κ1) is 35.4. The molecule has 0 aliphatic rings. The summed E-state index contributed by atoms with van der Waals surface area (Å²) in [7, 11) is 0. The van der Waals surface area contributed by atoms with Crippen molar-refractivity contribution in [2.24, 2.45) is 0 Å². The summed E-state index contributed by atoms with van der Waals surface area (Å²) in [6, 6.07) is 41.7. The van der Waals surface area contributed by atoms with Crippen molar-refractivity contribution in [2.75, 3.05) is 0 Å². The van der Waals surface area contributed by atoms with Crippen LogP contribution in [0.15, 0.2) is 109 Å². The van der Waals surface area contributed by atoms with Crippen molar-refractivity contribution < 1.29 is 25.8 Å². The molecule has 0 aliphatic heterocycles. The summed E-state index contributed by atoms with van der Waals surface area (Å²) in [5.41, 5.74) is 10.8. The van der Waals surface area contributed by atoms with Crippen LogP contribution in [-0.2, 0) is 31.3 Å². The van der Waals surface area contributed by atoms with Crippen LogP contribution in [0.5, 0.6) is 0 Å². The number of rotatable bonds is 8. The molecular formula is C43H48Hf. The van der Waals surface area contributed by atoms with Crippen LogP contribution in [0.25, 0.3) is 43.8 Å². The molecule has 0 aliphatic carbocycles. The van der Waals surface area contributed by atoms with Gasteiger partial charge in [-0.05, 0) is 45.9 Å². The number of benzene rings is 4. The largest absolute Gasteiger partial charge is 4.00 e. The molecule has 0 spiro atoms. The minimum Gasteiger partial charge on any atom is -0.358 e. The molecule has 0 unspecified atom stereocenters. The average Bonchev–Trinajstić information content (AvgIpc) is 3.63. The Morgan fingerprint density at radius 1 is 0.591 bits per heavy atom. The van der Waals surface area contributed by atoms with Gasteiger partial charge in [-0.15, -0.1) is 69.1 Å². The van der Waals surface area contributed by atoms with Crippen LogP contribution < -0.4 is 0 Å². The zero-order valence-electron chi connectivity index (χ0n) is 28.0. The van der Waals surface area contributed by atoms with E-state index in [1.807, 2.05) is 0 Å². The molecule has 0 saturated heterocycles. The predicted octanol–water partition coefficient (Wildman–Crippen LogP) is 13.0. The van der Waals surface area contributed by atoms with Crippen molar-refractivity contribution in [1.82, 2.24) is 0 Å². The first-order valence-corrected chi connectivity index (χ1v) is 15.4. The SMILES string of the molecule is CCCC(C)(c1cc2c(-c3ccc(C(C)C)cc3)cccc2[cH-]1)c1cc2c(-c3ccc(C(C)C)cc3)cccc2[cH-]1.[CH3-].[CH3-].[Hf+4]. The van der Waals surface area contributed by atoms with Crippen molar-refractivity contribution in [2.45, 2.75) is 71.6 Å². The van der Waals surface area contributed by atoms with Crippen LogP contribution in [0.4, 0.5) is 0 Å². The molecule has 0 bridgehead atoms. The predicted molar refractivity (Wildman–Crippen MR) is 192 cm³/mol. The van der Waals surface area contributed by atoms with Crippen LogP contribution in [0.2, 0.25) is 0 Å². The van der Waals surface area contributed by atoms with E-state index in [0.29, 0.717) is 11.8 Å². The van der Waals surface area contributed by atoms with Crippen molar-refractivity contribution >= 4 is 21.5 Å². The first-order valence-electron chi connectivity index (χ1n) is 15.4. The molecule has 6 rings (SSSR count). The van der Waals surface area contributed by atoms with Gasteiger partial charge in [0.05, 0.1) is 0 Å². The Balaban J connectivity index is 0.00000176. The van der Waals surface area contributed by atoms with Crippen molar-refractivity contribution in [1.29, 1.82) is 0 Å². The standard InChI is InChI=1S/C41H42.2CH3.Hf/c1-7-22-41(6,35-23-33-10-8-12-37(39(33)25-35)31-18-14-29(15-19-31)27(2)3)36-24-34-11-9-13-38(40(34)26-36)32-20-16-30(17-21-32)28(4)5;;;/h8-21,23-28H,7,22H2,1-6H3;2*1H3;/q-2;2*-1;+4. The third-order valence-corrected chi connectivity index (χ3v) is 9.30. The fraction of sp³-hybridized carbons (Fsp3) is 0.256. The Morgan fingerprint density at radius 2 is 0.977 bits per heavy atom. The van der Waals surface area contributed by atoms with Gasteiger partial charge >= 0.3 is 25.8 Å². The monoisotopic (exact) mass is 744 g/mol. The Morgan fingerprint density at radius 3 is 1.32 bits per heavy atom. The van der Waals surface area contributed by atoms with E-state index in [-0.39, 0.29) is 46.1 Å². The average molecular weight is 743 g/mol. The summed E-state index contributed by atoms with van der Waals surface area (Å²) in [5.74, 6) is 1.08. The van der Waals surface area contributed by atoms with Crippen LogP contribution in [-0.4, -0.2) is 0 Å². The second-order valence-corrected chi connectivity index (χ2v) is 12.7. The molecule has 224 valence electrons. The molecule has 0 heterocycles. The maximum Gasteiger partial charge on any atom is 4.00 e. The Bertz CT molecular complexity index is 1660. The van der Waals surface area contributed by atoms with E-state index in [4.69, 9.17) is 0 Å². The van der Waals surface area contributed by atoms with Gasteiger partial charge in [0, 0.05) is 0 Å². The Labute approximate surface area is 286 Å². The second-order valence-electron chi connectivity index (χ2n) is 12.7. The quantitative estimate of drug-likeness (QED) is 0.108. The van der Waals surface area contributed by atoms with Gasteiger partial charge < -0.3 is 14.9 Å². The van der Waals surface area contributed by atoms with Gasteiger partial charge in [-0.1, -0.05) is 120 Å². The first-order chi connectivity index (χ1) is 19.8. The molecule has 44 heavy (non-hydrogen) atoms. The molecule has 0 fully saturated rings. The van der Waals surface area contributed by atoms with Gasteiger partial charge in [-0.25, -0.2) is 0 Å². The third kappa shape index (κ3) is 6.50. The Kier molecular flexibility index (Phi) is 11.6. The molecule has 0 radical (unpaired) electrons. The van der Waals surface area contributed by atoms with Gasteiger partial charge in [0.1, 0.15) is 0 Å². The van der Waals surface area contributed by atoms with E-state index in [2.05, 4.69) is 151 Å². The van der Waals surface area contributed by atoms with Crippen molar-refractivity contribution in [3.8, 4) is 22.3 Å². The fourth-order valence-electron chi connectivity index (χ4n) is 6.66. The maximum atomic E-state index is 2.47. The van der Waals surface area contributed by atoms with Crippen LogP contribution in [0, 0.1) is 14.9 Å². The minimum atomic E-state index is -0.0651. The van der Waals surface area contributed by atoms with Gasteiger partial charge in [-0.3, -0.25) is 0 Å². The van der Waals surface area contributed by atoms with E-state index >= 15 is 0 Å². The van der Waals surface area contributed by atoms with Crippen LogP contribution in [0.1, 0.15) is 88.5 Å². The zero-order chi connectivity index (χ0) is 28.7. The summed E-state index contributed by atoms with van der Waals surface area (Å²) >= 11 is 0. The number of hydrogen-bond donors (Lipinski definition) is 0. The molecule has 0 amide bonds. The van der Waals surface area contributed by atoms with Gasteiger partial charge in [-0.2, -0.15) is 12.1 Å². The van der Waals surface area contributed by atoms with Crippen LogP contribution in [0.3, 0.4) is 0 Å². The second kappa shape index (κ2) is 14.4. The fourth-order valence-corrected chi connectivity index (χ4v) is 6.66. The van der Waals surface area contributed by atoms with Gasteiger partial charge in [0.2, 0.25) is 0 Å². The number of hydrogen-bond acceptors (Lipinski definition) is 0. The normalized spacial score (nSPS) is 11.5. The third-order valence-electron chi connectivity index (χ3n) is 9.30. The summed E-state index contributed by atoms with van der Waals surface area (Å²) < 4.78 is 0. The molecule has 6 aromatic carbocycles. The summed E-state index contributed by atoms with van der Waals surface area (Å²) in [4.78, 5) is 0. The van der Waals surface area contributed by atoms with Crippen molar-refractivity contribution in [3.63, 3.8) is 0 Å². The molecule has 6 aromatic rings. The van der Waals surface area contributed by atoms with E-state index in [1.54, 1.807) is 0 Å². The molecule has 0 N–H and O–H groups in total. The van der Waals surface area contributed by atoms with E-state index in [9.17, 15) is 0 Å². The molecule has 0 saturated carbocycles. The topological polar surface area (TPSA) is 0 Å². The van der Waals surface area contributed by atoms with Gasteiger partial charge in [0.15, 0.2) is 0 Å². The zero-order valence-corrected chi connectivity index (χ0v) is 31.6. The van der Waals surface area contributed by atoms with Gasteiger partial charge in [0.25, 0.3) is 0 Å². The van der Waals surface area contributed by atoms with Crippen molar-refractivity contribution in [3.05, 3.63) is 146 Å². The molecule has 0 atom stereocenters. The summed E-state index contributed by atoms with van der Waals surface area (Å²) in [6.07, 6.45) is 2.24. The minimum absolute atomic E-state index is 0. The summed E-state index contributed by atoms with van der Waals surface area (Å²) in [6.45, 7) is 13.8.